The minimum absolute atomic E-state index is 0.115. The smallest absolute Gasteiger partial charge is 0.244 e. The highest BCUT2D eigenvalue weighted by molar-refractivity contribution is 5.94. The molecule has 0 saturated heterocycles. The van der Waals surface area contributed by atoms with Crippen LogP contribution in [0.5, 0.6) is 5.75 Å². The second-order valence-corrected chi connectivity index (χ2v) is 6.17. The monoisotopic (exact) mass is 358 g/mol. The number of pyridine rings is 1. The zero-order chi connectivity index (χ0) is 18.9. The number of nitrogens with one attached hydrogen (secondary N) is 1. The Hall–Kier alpha value is -3.40. The molecule has 0 radical (unpaired) electrons. The van der Waals surface area contributed by atoms with Crippen molar-refractivity contribution in [3.05, 3.63) is 102 Å². The molecule has 0 aliphatic heterocycles. The van der Waals surface area contributed by atoms with Crippen molar-refractivity contribution in [2.24, 2.45) is 0 Å². The number of amides is 1. The predicted octanol–water partition coefficient (Wildman–Crippen LogP) is 4.38. The van der Waals surface area contributed by atoms with Crippen LogP contribution in [0.25, 0.3) is 5.57 Å². The van der Waals surface area contributed by atoms with Crippen LogP contribution in [0.1, 0.15) is 23.7 Å². The molecule has 3 rings (SSSR count). The van der Waals surface area contributed by atoms with E-state index < -0.39 is 0 Å². The Morgan fingerprint density at radius 3 is 2.63 bits per heavy atom. The molecule has 1 heterocycles. The van der Waals surface area contributed by atoms with Crippen LogP contribution in [0, 0.1) is 0 Å². The van der Waals surface area contributed by atoms with E-state index in [2.05, 4.69) is 10.3 Å². The Balaban J connectivity index is 1.54. The van der Waals surface area contributed by atoms with Crippen LogP contribution in [-0.4, -0.2) is 10.9 Å². The summed E-state index contributed by atoms with van der Waals surface area (Å²) in [6.45, 7) is 2.79. The molecule has 0 atom stereocenters. The zero-order valence-electron chi connectivity index (χ0n) is 15.3. The molecule has 0 aliphatic carbocycles. The quantitative estimate of drug-likeness (QED) is 0.638. The van der Waals surface area contributed by atoms with Gasteiger partial charge in [0.2, 0.25) is 5.91 Å². The summed E-state index contributed by atoms with van der Waals surface area (Å²) in [5.74, 6) is 0.638. The van der Waals surface area contributed by atoms with Crippen molar-refractivity contribution in [2.75, 3.05) is 0 Å². The highest BCUT2D eigenvalue weighted by Gasteiger charge is 2.03. The van der Waals surface area contributed by atoms with E-state index >= 15 is 0 Å². The van der Waals surface area contributed by atoms with E-state index in [1.54, 1.807) is 12.3 Å². The number of hydrogen-bond donors (Lipinski definition) is 1. The third-order valence-corrected chi connectivity index (χ3v) is 4.05. The minimum atomic E-state index is -0.115. The SMILES string of the molecule is CC(=CC(=O)NCc1cccc(OCc2ccccn2)c1)c1ccccc1. The first-order valence-electron chi connectivity index (χ1n) is 8.84. The van der Waals surface area contributed by atoms with Crippen molar-refractivity contribution in [3.8, 4) is 5.75 Å². The van der Waals surface area contributed by atoms with Gasteiger partial charge in [-0.2, -0.15) is 0 Å². The Bertz CT molecular complexity index is 906. The Labute approximate surface area is 159 Å². The highest BCUT2D eigenvalue weighted by atomic mass is 16.5. The molecule has 2 aromatic carbocycles. The van der Waals surface area contributed by atoms with Gasteiger partial charge in [-0.15, -0.1) is 0 Å². The molecule has 1 aromatic heterocycles. The number of rotatable bonds is 7. The number of hydrogen-bond acceptors (Lipinski definition) is 3. The van der Waals surface area contributed by atoms with Crippen molar-refractivity contribution in [1.82, 2.24) is 10.3 Å². The van der Waals surface area contributed by atoms with Crippen molar-refractivity contribution < 1.29 is 9.53 Å². The largest absolute Gasteiger partial charge is 0.487 e. The van der Waals surface area contributed by atoms with Gasteiger partial charge in [0.25, 0.3) is 0 Å². The van der Waals surface area contributed by atoms with Crippen molar-refractivity contribution in [3.63, 3.8) is 0 Å². The summed E-state index contributed by atoms with van der Waals surface area (Å²) in [5, 5.41) is 2.92. The molecule has 0 fully saturated rings. The molecular formula is C23H22N2O2. The average molecular weight is 358 g/mol. The predicted molar refractivity (Wildman–Crippen MR) is 107 cm³/mol. The summed E-state index contributed by atoms with van der Waals surface area (Å²) in [7, 11) is 0. The summed E-state index contributed by atoms with van der Waals surface area (Å²) < 4.78 is 5.77. The van der Waals surface area contributed by atoms with Crippen molar-refractivity contribution in [1.29, 1.82) is 0 Å². The van der Waals surface area contributed by atoms with Gasteiger partial charge < -0.3 is 10.1 Å². The molecular weight excluding hydrogens is 336 g/mol. The molecule has 0 bridgehead atoms. The number of benzene rings is 2. The number of allylic oxidation sites excluding steroid dienone is 1. The molecule has 1 N–H and O–H groups in total. The molecule has 0 spiro atoms. The number of aromatic nitrogens is 1. The van der Waals surface area contributed by atoms with E-state index in [-0.39, 0.29) is 5.91 Å². The van der Waals surface area contributed by atoms with Gasteiger partial charge in [-0.3, -0.25) is 9.78 Å². The van der Waals surface area contributed by atoms with Gasteiger partial charge in [0.1, 0.15) is 12.4 Å². The van der Waals surface area contributed by atoms with E-state index in [1.165, 1.54) is 0 Å². The van der Waals surface area contributed by atoms with E-state index in [1.807, 2.05) is 79.7 Å². The normalized spacial score (nSPS) is 11.1. The lowest BCUT2D eigenvalue weighted by molar-refractivity contribution is -0.116. The maximum Gasteiger partial charge on any atom is 0.244 e. The second kappa shape index (κ2) is 9.34. The summed E-state index contributed by atoms with van der Waals surface area (Å²) in [6, 6.07) is 23.3. The minimum Gasteiger partial charge on any atom is -0.487 e. The lowest BCUT2D eigenvalue weighted by Gasteiger charge is -2.08. The fourth-order valence-electron chi connectivity index (χ4n) is 2.61. The topological polar surface area (TPSA) is 51.2 Å². The van der Waals surface area contributed by atoms with Crippen LogP contribution >= 0.6 is 0 Å². The lowest BCUT2D eigenvalue weighted by Crippen LogP contribution is -2.20. The first kappa shape index (κ1) is 18.4. The summed E-state index contributed by atoms with van der Waals surface area (Å²) in [4.78, 5) is 16.4. The van der Waals surface area contributed by atoms with Crippen LogP contribution in [0.3, 0.4) is 0 Å². The van der Waals surface area contributed by atoms with E-state index in [0.29, 0.717) is 13.2 Å². The van der Waals surface area contributed by atoms with Gasteiger partial charge in [-0.25, -0.2) is 0 Å². The number of carbonyl (C=O) groups excluding carboxylic acids is 1. The van der Waals surface area contributed by atoms with E-state index in [4.69, 9.17) is 4.74 Å². The van der Waals surface area contributed by atoms with Crippen LogP contribution in [-0.2, 0) is 17.9 Å². The van der Waals surface area contributed by atoms with Gasteiger partial charge in [0.05, 0.1) is 5.69 Å². The third-order valence-electron chi connectivity index (χ3n) is 4.05. The third kappa shape index (κ3) is 5.82. The molecule has 0 aliphatic rings. The maximum absolute atomic E-state index is 12.2. The highest BCUT2D eigenvalue weighted by Crippen LogP contribution is 2.15. The molecule has 4 heteroatoms. The van der Waals surface area contributed by atoms with E-state index in [0.717, 1.165) is 28.1 Å². The van der Waals surface area contributed by atoms with Gasteiger partial charge in [-0.1, -0.05) is 48.5 Å². The van der Waals surface area contributed by atoms with Crippen molar-refractivity contribution in [2.45, 2.75) is 20.1 Å². The van der Waals surface area contributed by atoms with Crippen molar-refractivity contribution >= 4 is 11.5 Å². The standard InChI is InChI=1S/C23H22N2O2/c1-18(20-9-3-2-4-10-20)14-23(26)25-16-19-8-7-12-22(15-19)27-17-21-11-5-6-13-24-21/h2-15H,16-17H2,1H3,(H,25,26). The summed E-state index contributed by atoms with van der Waals surface area (Å²) >= 11 is 0. The Morgan fingerprint density at radius 1 is 1.04 bits per heavy atom. The van der Waals surface area contributed by atoms with Gasteiger partial charge in [0.15, 0.2) is 0 Å². The average Bonchev–Trinajstić information content (AvgIpc) is 2.72. The zero-order valence-corrected chi connectivity index (χ0v) is 15.3. The Kier molecular flexibility index (Phi) is 6.36. The van der Waals surface area contributed by atoms with Gasteiger partial charge in [0, 0.05) is 18.8 Å². The number of ether oxygens (including phenoxy) is 1. The molecule has 136 valence electrons. The first-order chi connectivity index (χ1) is 13.2. The molecule has 1 amide bonds. The molecule has 3 aromatic rings. The molecule has 0 unspecified atom stereocenters. The fraction of sp³-hybridized carbons (Fsp3) is 0.130. The maximum atomic E-state index is 12.2. The Morgan fingerprint density at radius 2 is 1.85 bits per heavy atom. The number of carbonyl (C=O) groups is 1. The molecule has 4 nitrogen and oxygen atoms in total. The molecule has 0 saturated carbocycles. The second-order valence-electron chi connectivity index (χ2n) is 6.17. The van der Waals surface area contributed by atoms with Crippen LogP contribution in [0.15, 0.2) is 85.1 Å². The fourth-order valence-corrected chi connectivity index (χ4v) is 2.61. The van der Waals surface area contributed by atoms with E-state index in [9.17, 15) is 4.79 Å². The first-order valence-corrected chi connectivity index (χ1v) is 8.84. The summed E-state index contributed by atoms with van der Waals surface area (Å²) in [6.07, 6.45) is 3.37. The summed E-state index contributed by atoms with van der Waals surface area (Å²) in [5.41, 5.74) is 3.82. The van der Waals surface area contributed by atoms with Gasteiger partial charge >= 0.3 is 0 Å². The lowest BCUT2D eigenvalue weighted by atomic mass is 10.1. The van der Waals surface area contributed by atoms with Crippen LogP contribution < -0.4 is 10.1 Å². The van der Waals surface area contributed by atoms with Crippen LogP contribution in [0.2, 0.25) is 0 Å². The molecule has 27 heavy (non-hydrogen) atoms. The van der Waals surface area contributed by atoms with Gasteiger partial charge in [-0.05, 0) is 47.9 Å². The van der Waals surface area contributed by atoms with Crippen LogP contribution in [0.4, 0.5) is 0 Å². The number of nitrogens with zero attached hydrogens (tertiary/aromatic N) is 1.